The van der Waals surface area contributed by atoms with Gasteiger partial charge in [0.25, 0.3) is 11.5 Å². The number of aromatic amines is 1. The van der Waals surface area contributed by atoms with Crippen LogP contribution in [-0.2, 0) is 23.2 Å². The second-order valence-corrected chi connectivity index (χ2v) is 12.7. The number of hydrogen-bond acceptors (Lipinski definition) is 5. The smallest absolute Gasteiger partial charge is 0.256 e. The van der Waals surface area contributed by atoms with Crippen LogP contribution in [0.1, 0.15) is 97.2 Å². The Morgan fingerprint density at radius 3 is 2.55 bits per heavy atom. The number of rotatable bonds is 6. The van der Waals surface area contributed by atoms with E-state index >= 15 is 0 Å². The van der Waals surface area contributed by atoms with Gasteiger partial charge < -0.3 is 15.0 Å². The first-order valence-corrected chi connectivity index (χ1v) is 15.8. The summed E-state index contributed by atoms with van der Waals surface area (Å²) in [6.45, 7) is 0.492. The van der Waals surface area contributed by atoms with Crippen molar-refractivity contribution in [3.8, 4) is 11.1 Å². The zero-order valence-corrected chi connectivity index (χ0v) is 24.8. The molecule has 4 aromatic rings. The van der Waals surface area contributed by atoms with Crippen molar-refractivity contribution in [3.63, 3.8) is 0 Å². The number of halogens is 1. The van der Waals surface area contributed by atoms with Crippen molar-refractivity contribution < 1.29 is 14.3 Å². The molecule has 1 aliphatic heterocycles. The lowest BCUT2D eigenvalue weighted by Crippen LogP contribution is -2.36. The topological polar surface area (TPSA) is 99.2 Å². The van der Waals surface area contributed by atoms with E-state index in [2.05, 4.69) is 16.0 Å². The minimum absolute atomic E-state index is 0.0865. The van der Waals surface area contributed by atoms with Crippen molar-refractivity contribution in [1.82, 2.24) is 19.9 Å². The molecular formula is C36H37FN4O3. The van der Waals surface area contributed by atoms with Gasteiger partial charge in [-0.2, -0.15) is 0 Å². The van der Waals surface area contributed by atoms with Crippen LogP contribution >= 0.6 is 0 Å². The highest BCUT2D eigenvalue weighted by Crippen LogP contribution is 2.52. The van der Waals surface area contributed by atoms with Crippen molar-refractivity contribution in [2.75, 3.05) is 6.54 Å². The van der Waals surface area contributed by atoms with Crippen LogP contribution in [0, 0.1) is 5.82 Å². The van der Waals surface area contributed by atoms with Crippen molar-refractivity contribution in [3.05, 3.63) is 117 Å². The van der Waals surface area contributed by atoms with Gasteiger partial charge in [0, 0.05) is 18.9 Å². The zero-order valence-electron chi connectivity index (χ0n) is 24.8. The third-order valence-corrected chi connectivity index (χ3v) is 9.79. The minimum Gasteiger partial charge on any atom is -0.378 e. The number of aliphatic hydroxyl groups is 1. The van der Waals surface area contributed by atoms with Gasteiger partial charge in [-0.05, 0) is 90.5 Å². The standard InChI is InChI=1S/C36H37FN4O3/c37-29-12-5-10-25(19-29)24-9-4-11-26(17-24)32(42)34(44)41-16-6-13-31-30(22-41)33(43)40-35(39-31)36(14-15-36)28-18-27(20-38-21-28)23-7-2-1-3-8-23/h4-5,9-12,17-21,23,32,42H,1-3,6-8,13-16,22H2,(H,39,40,43)/t32-/m1/s1. The van der Waals surface area contributed by atoms with Gasteiger partial charge in [0.05, 0.1) is 23.2 Å². The predicted molar refractivity (Wildman–Crippen MR) is 165 cm³/mol. The van der Waals surface area contributed by atoms with Crippen molar-refractivity contribution >= 4 is 5.91 Å². The first-order chi connectivity index (χ1) is 21.4. The van der Waals surface area contributed by atoms with Crippen molar-refractivity contribution in [2.24, 2.45) is 0 Å². The maximum atomic E-state index is 13.8. The summed E-state index contributed by atoms with van der Waals surface area (Å²) in [6, 6.07) is 15.4. The van der Waals surface area contributed by atoms with E-state index < -0.39 is 12.0 Å². The molecule has 0 saturated heterocycles. The van der Waals surface area contributed by atoms with Crippen molar-refractivity contribution in [1.29, 1.82) is 0 Å². The molecule has 226 valence electrons. The summed E-state index contributed by atoms with van der Waals surface area (Å²) in [6.07, 6.45) is 11.8. The molecule has 1 atom stereocenters. The third-order valence-electron chi connectivity index (χ3n) is 9.79. The number of nitrogens with one attached hydrogen (secondary N) is 1. The van der Waals surface area contributed by atoms with Gasteiger partial charge in [0.15, 0.2) is 6.10 Å². The Morgan fingerprint density at radius 2 is 1.77 bits per heavy atom. The van der Waals surface area contributed by atoms with Crippen LogP contribution in [0.2, 0.25) is 0 Å². The highest BCUT2D eigenvalue weighted by molar-refractivity contribution is 5.83. The summed E-state index contributed by atoms with van der Waals surface area (Å²) >= 11 is 0. The number of benzene rings is 2. The fraction of sp³-hybridized carbons (Fsp3) is 0.389. The summed E-state index contributed by atoms with van der Waals surface area (Å²) in [5.74, 6) is 0.417. The summed E-state index contributed by atoms with van der Waals surface area (Å²) in [5, 5.41) is 11.1. The van der Waals surface area contributed by atoms with E-state index in [0.29, 0.717) is 53.4 Å². The third kappa shape index (κ3) is 5.47. The van der Waals surface area contributed by atoms with Gasteiger partial charge in [-0.25, -0.2) is 9.37 Å². The maximum Gasteiger partial charge on any atom is 0.256 e. The minimum atomic E-state index is -1.41. The lowest BCUT2D eigenvalue weighted by molar-refractivity contribution is -0.141. The molecular weight excluding hydrogens is 555 g/mol. The number of H-pyrrole nitrogens is 1. The van der Waals surface area contributed by atoms with Crippen LogP contribution in [0.3, 0.4) is 0 Å². The van der Waals surface area contributed by atoms with E-state index in [-0.39, 0.29) is 23.3 Å². The van der Waals surface area contributed by atoms with E-state index in [1.165, 1.54) is 49.8 Å². The molecule has 2 aromatic heterocycles. The molecule has 3 heterocycles. The lowest BCUT2D eigenvalue weighted by atomic mass is 9.83. The van der Waals surface area contributed by atoms with E-state index in [0.717, 1.165) is 24.1 Å². The highest BCUT2D eigenvalue weighted by atomic mass is 19.1. The van der Waals surface area contributed by atoms with Gasteiger partial charge in [0.2, 0.25) is 0 Å². The zero-order chi connectivity index (χ0) is 30.3. The van der Waals surface area contributed by atoms with Gasteiger partial charge in [-0.3, -0.25) is 14.6 Å². The molecule has 0 radical (unpaired) electrons. The second-order valence-electron chi connectivity index (χ2n) is 12.7. The van der Waals surface area contributed by atoms with Gasteiger partial charge >= 0.3 is 0 Å². The molecule has 0 spiro atoms. The number of carbonyl (C=O) groups excluding carboxylic acids is 1. The Labute approximate surface area is 256 Å². The van der Waals surface area contributed by atoms with E-state index in [9.17, 15) is 19.1 Å². The first kappa shape index (κ1) is 28.6. The summed E-state index contributed by atoms with van der Waals surface area (Å²) in [4.78, 5) is 41.4. The second kappa shape index (κ2) is 11.7. The highest BCUT2D eigenvalue weighted by Gasteiger charge is 2.49. The number of pyridine rings is 1. The Kier molecular flexibility index (Phi) is 7.62. The molecule has 2 fully saturated rings. The van der Waals surface area contributed by atoms with Crippen LogP contribution in [0.15, 0.2) is 71.8 Å². The fourth-order valence-corrected chi connectivity index (χ4v) is 7.07. The molecule has 44 heavy (non-hydrogen) atoms. The monoisotopic (exact) mass is 592 g/mol. The van der Waals surface area contributed by atoms with E-state index in [4.69, 9.17) is 4.98 Å². The predicted octanol–water partition coefficient (Wildman–Crippen LogP) is 6.11. The molecule has 7 rings (SSSR count). The Balaban J connectivity index is 1.12. The molecule has 2 aromatic carbocycles. The van der Waals surface area contributed by atoms with Crippen LogP contribution in [0.25, 0.3) is 11.1 Å². The SMILES string of the molecule is O=C([C@H](O)c1cccc(-c2cccc(F)c2)c1)N1CCCc2nc(C3(c4cncc(C5CCCCC5)c4)CC3)[nH]c(=O)c2C1. The average molecular weight is 593 g/mol. The molecule has 8 heteroatoms. The number of aromatic nitrogens is 3. The summed E-state index contributed by atoms with van der Waals surface area (Å²) in [5.41, 5.74) is 4.85. The molecule has 3 aliphatic rings. The molecule has 1 amide bonds. The Bertz CT molecular complexity index is 1760. The van der Waals surface area contributed by atoms with Gasteiger partial charge in [-0.15, -0.1) is 0 Å². The largest absolute Gasteiger partial charge is 0.378 e. The molecule has 2 N–H and O–H groups in total. The summed E-state index contributed by atoms with van der Waals surface area (Å²) in [7, 11) is 0. The van der Waals surface area contributed by atoms with Crippen LogP contribution < -0.4 is 5.56 Å². The number of aliphatic hydroxyl groups excluding tert-OH is 1. The number of hydrogen-bond donors (Lipinski definition) is 2. The summed E-state index contributed by atoms with van der Waals surface area (Å²) < 4.78 is 13.8. The fourth-order valence-electron chi connectivity index (χ4n) is 7.07. The number of amides is 1. The van der Waals surface area contributed by atoms with Crippen LogP contribution in [0.4, 0.5) is 4.39 Å². The molecule has 2 saturated carbocycles. The van der Waals surface area contributed by atoms with Gasteiger partial charge in [0.1, 0.15) is 11.6 Å². The van der Waals surface area contributed by atoms with Crippen LogP contribution in [-0.4, -0.2) is 37.4 Å². The molecule has 2 aliphatic carbocycles. The van der Waals surface area contributed by atoms with Gasteiger partial charge in [-0.1, -0.05) is 55.7 Å². The van der Waals surface area contributed by atoms with E-state index in [1.807, 2.05) is 18.5 Å². The number of carbonyl (C=O) groups is 1. The lowest BCUT2D eigenvalue weighted by Gasteiger charge is -2.24. The maximum absolute atomic E-state index is 13.8. The molecule has 0 bridgehead atoms. The number of nitrogens with zero attached hydrogens (tertiary/aromatic N) is 3. The molecule has 7 nitrogen and oxygen atoms in total. The van der Waals surface area contributed by atoms with E-state index in [1.54, 1.807) is 35.2 Å². The van der Waals surface area contributed by atoms with Crippen LogP contribution in [0.5, 0.6) is 0 Å². The number of fused-ring (bicyclic) bond motifs is 1. The quantitative estimate of drug-likeness (QED) is 0.282. The van der Waals surface area contributed by atoms with Crippen molar-refractivity contribution in [2.45, 2.75) is 81.8 Å². The normalized spacial score (nSPS) is 18.7. The first-order valence-electron chi connectivity index (χ1n) is 15.8. The number of aryl methyl sites for hydroxylation is 1. The Hall–Kier alpha value is -4.17. The molecule has 0 unspecified atom stereocenters. The average Bonchev–Trinajstić information content (AvgIpc) is 3.90. The Morgan fingerprint density at radius 1 is 1.00 bits per heavy atom.